The monoisotopic (exact) mass is 407 g/mol. The van der Waals surface area contributed by atoms with E-state index in [1.807, 2.05) is 4.90 Å². The van der Waals surface area contributed by atoms with Crippen molar-refractivity contribution in [3.8, 4) is 0 Å². The molecule has 4 saturated heterocycles. The van der Waals surface area contributed by atoms with Crippen LogP contribution in [0, 0.1) is 0 Å². The Morgan fingerprint density at radius 1 is 1.04 bits per heavy atom. The SMILES string of the molecule is O=C(C1CCCN1c1nnc(N2CCCC2=O)s1)N1CCC2(CC1)OCCO2. The van der Waals surface area contributed by atoms with Crippen molar-refractivity contribution < 1.29 is 19.1 Å². The van der Waals surface area contributed by atoms with Crippen LogP contribution in [-0.4, -0.2) is 78.1 Å². The second kappa shape index (κ2) is 7.23. The zero-order valence-corrected chi connectivity index (χ0v) is 16.7. The summed E-state index contributed by atoms with van der Waals surface area (Å²) in [6, 6.07) is -0.199. The van der Waals surface area contributed by atoms with Gasteiger partial charge in [0, 0.05) is 45.4 Å². The maximum Gasteiger partial charge on any atom is 0.245 e. The molecule has 1 aromatic heterocycles. The fourth-order valence-corrected chi connectivity index (χ4v) is 5.57. The molecule has 1 aromatic rings. The third-order valence-corrected chi connectivity index (χ3v) is 7.13. The summed E-state index contributed by atoms with van der Waals surface area (Å²) in [5.74, 6) is -0.211. The van der Waals surface area contributed by atoms with Crippen molar-refractivity contribution in [2.24, 2.45) is 0 Å². The molecule has 9 nitrogen and oxygen atoms in total. The molecule has 1 spiro atoms. The van der Waals surface area contributed by atoms with Gasteiger partial charge < -0.3 is 19.3 Å². The summed E-state index contributed by atoms with van der Waals surface area (Å²) in [5.41, 5.74) is 0. The van der Waals surface area contributed by atoms with Gasteiger partial charge in [0.15, 0.2) is 5.79 Å². The van der Waals surface area contributed by atoms with Crippen molar-refractivity contribution in [3.63, 3.8) is 0 Å². The standard InChI is InChI=1S/C18H25N5O4S/c24-14-4-2-8-23(14)17-20-19-16(28-17)22-7-1-3-13(22)15(25)21-9-5-18(6-10-21)26-11-12-27-18/h13H,1-12H2. The van der Waals surface area contributed by atoms with Crippen molar-refractivity contribution in [1.82, 2.24) is 15.1 Å². The maximum atomic E-state index is 13.2. The lowest BCUT2D eigenvalue weighted by Crippen LogP contribution is -2.52. The molecule has 10 heteroatoms. The number of anilines is 2. The zero-order valence-electron chi connectivity index (χ0n) is 15.8. The van der Waals surface area contributed by atoms with Crippen LogP contribution in [0.1, 0.15) is 38.5 Å². The van der Waals surface area contributed by atoms with E-state index < -0.39 is 5.79 Å². The average molecular weight is 407 g/mol. The minimum Gasteiger partial charge on any atom is -0.347 e. The Hall–Kier alpha value is -1.78. The fourth-order valence-electron chi connectivity index (χ4n) is 4.60. The van der Waals surface area contributed by atoms with Crippen LogP contribution < -0.4 is 9.80 Å². The number of ether oxygens (including phenoxy) is 2. The minimum absolute atomic E-state index is 0.107. The highest BCUT2D eigenvalue weighted by atomic mass is 32.1. The number of piperidine rings is 1. The molecule has 0 radical (unpaired) electrons. The van der Waals surface area contributed by atoms with Gasteiger partial charge in [0.05, 0.1) is 13.2 Å². The molecule has 5 heterocycles. The van der Waals surface area contributed by atoms with Crippen LogP contribution in [0.2, 0.25) is 0 Å². The second-order valence-corrected chi connectivity index (χ2v) is 8.73. The Morgan fingerprint density at radius 2 is 1.79 bits per heavy atom. The van der Waals surface area contributed by atoms with Crippen LogP contribution in [0.3, 0.4) is 0 Å². The van der Waals surface area contributed by atoms with Crippen LogP contribution >= 0.6 is 11.3 Å². The number of aromatic nitrogens is 2. The zero-order chi connectivity index (χ0) is 19.1. The normalized spacial score (nSPS) is 27.4. The van der Waals surface area contributed by atoms with Gasteiger partial charge in [-0.3, -0.25) is 14.5 Å². The number of likely N-dealkylation sites (tertiary alicyclic amines) is 1. The van der Waals surface area contributed by atoms with Gasteiger partial charge in [0.25, 0.3) is 0 Å². The number of amides is 2. The molecule has 4 aliphatic heterocycles. The van der Waals surface area contributed by atoms with Crippen molar-refractivity contribution in [3.05, 3.63) is 0 Å². The first-order valence-corrected chi connectivity index (χ1v) is 10.9. The third-order valence-electron chi connectivity index (χ3n) is 6.14. The van der Waals surface area contributed by atoms with Gasteiger partial charge >= 0.3 is 0 Å². The molecular weight excluding hydrogens is 382 g/mol. The minimum atomic E-state index is -0.470. The molecule has 1 atom stereocenters. The largest absolute Gasteiger partial charge is 0.347 e. The molecule has 0 aromatic carbocycles. The molecule has 4 aliphatic rings. The van der Waals surface area contributed by atoms with Gasteiger partial charge in [0.1, 0.15) is 6.04 Å². The van der Waals surface area contributed by atoms with E-state index in [4.69, 9.17) is 9.47 Å². The number of rotatable bonds is 3. The van der Waals surface area contributed by atoms with Crippen molar-refractivity contribution in [1.29, 1.82) is 0 Å². The van der Waals surface area contributed by atoms with Gasteiger partial charge in [0.2, 0.25) is 22.1 Å². The summed E-state index contributed by atoms with van der Waals surface area (Å²) >= 11 is 1.41. The molecule has 0 bridgehead atoms. The molecule has 5 rings (SSSR count). The van der Waals surface area contributed by atoms with Gasteiger partial charge in [-0.15, -0.1) is 10.2 Å². The first-order valence-electron chi connectivity index (χ1n) is 10.1. The van der Waals surface area contributed by atoms with Gasteiger partial charge in [-0.2, -0.15) is 0 Å². The topological polar surface area (TPSA) is 88.1 Å². The second-order valence-electron chi connectivity index (χ2n) is 7.80. The van der Waals surface area contributed by atoms with E-state index in [1.54, 1.807) is 4.90 Å². The average Bonchev–Trinajstić information content (AvgIpc) is 3.48. The lowest BCUT2D eigenvalue weighted by molar-refractivity contribution is -0.187. The van der Waals surface area contributed by atoms with Gasteiger partial charge in [-0.25, -0.2) is 0 Å². The van der Waals surface area contributed by atoms with Gasteiger partial charge in [-0.1, -0.05) is 11.3 Å². The molecule has 1 unspecified atom stereocenters. The van der Waals surface area contributed by atoms with E-state index >= 15 is 0 Å². The predicted molar refractivity (Wildman–Crippen MR) is 102 cm³/mol. The number of nitrogens with zero attached hydrogens (tertiary/aromatic N) is 5. The lowest BCUT2D eigenvalue weighted by atomic mass is 10.0. The number of hydrogen-bond acceptors (Lipinski definition) is 8. The Bertz CT molecular complexity index is 755. The van der Waals surface area contributed by atoms with E-state index in [1.165, 1.54) is 11.3 Å². The highest BCUT2D eigenvalue weighted by molar-refractivity contribution is 7.19. The summed E-state index contributed by atoms with van der Waals surface area (Å²) in [4.78, 5) is 30.9. The van der Waals surface area contributed by atoms with Crippen molar-refractivity contribution >= 4 is 33.4 Å². The highest BCUT2D eigenvalue weighted by Crippen LogP contribution is 2.36. The van der Waals surface area contributed by atoms with Crippen LogP contribution in [0.4, 0.5) is 10.3 Å². The van der Waals surface area contributed by atoms with E-state index in [9.17, 15) is 9.59 Å². The smallest absolute Gasteiger partial charge is 0.245 e. The first-order chi connectivity index (χ1) is 13.7. The first kappa shape index (κ1) is 18.3. The number of carbonyl (C=O) groups excluding carboxylic acids is 2. The molecule has 0 aliphatic carbocycles. The fraction of sp³-hybridized carbons (Fsp3) is 0.778. The molecule has 0 N–H and O–H groups in total. The number of carbonyl (C=O) groups is 2. The summed E-state index contributed by atoms with van der Waals surface area (Å²) in [7, 11) is 0. The molecule has 152 valence electrons. The van der Waals surface area contributed by atoms with Crippen LogP contribution in [-0.2, 0) is 19.1 Å². The summed E-state index contributed by atoms with van der Waals surface area (Å²) < 4.78 is 11.5. The maximum absolute atomic E-state index is 13.2. The van der Waals surface area contributed by atoms with Crippen LogP contribution in [0.5, 0.6) is 0 Å². The van der Waals surface area contributed by atoms with Crippen molar-refractivity contribution in [2.75, 3.05) is 49.2 Å². The van der Waals surface area contributed by atoms with Gasteiger partial charge in [-0.05, 0) is 19.3 Å². The van der Waals surface area contributed by atoms with E-state index in [-0.39, 0.29) is 17.9 Å². The van der Waals surface area contributed by atoms with Crippen LogP contribution in [0.15, 0.2) is 0 Å². The Labute approximate surface area is 167 Å². The lowest BCUT2D eigenvalue weighted by Gasteiger charge is -2.39. The predicted octanol–water partition coefficient (Wildman–Crippen LogP) is 0.999. The summed E-state index contributed by atoms with van der Waals surface area (Å²) in [5, 5.41) is 9.91. The highest BCUT2D eigenvalue weighted by Gasteiger charge is 2.43. The Balaban J connectivity index is 1.26. The van der Waals surface area contributed by atoms with Crippen molar-refractivity contribution in [2.45, 2.75) is 50.4 Å². The van der Waals surface area contributed by atoms with E-state index in [0.717, 1.165) is 43.8 Å². The molecule has 2 amide bonds. The summed E-state index contributed by atoms with van der Waals surface area (Å²) in [6.07, 6.45) is 4.67. The quantitative estimate of drug-likeness (QED) is 0.739. The molecule has 4 fully saturated rings. The third kappa shape index (κ3) is 3.17. The molecule has 28 heavy (non-hydrogen) atoms. The molecular formula is C18H25N5O4S. The summed E-state index contributed by atoms with van der Waals surface area (Å²) in [6.45, 7) is 4.10. The Kier molecular flexibility index (Phi) is 4.72. The van der Waals surface area contributed by atoms with E-state index in [0.29, 0.717) is 44.4 Å². The number of hydrogen-bond donors (Lipinski definition) is 0. The molecule has 0 saturated carbocycles. The van der Waals surface area contributed by atoms with Crippen LogP contribution in [0.25, 0.3) is 0 Å². The Morgan fingerprint density at radius 3 is 2.50 bits per heavy atom. The van der Waals surface area contributed by atoms with E-state index in [2.05, 4.69) is 15.1 Å².